The van der Waals surface area contributed by atoms with Crippen LogP contribution in [0.15, 0.2) is 71.5 Å². The third kappa shape index (κ3) is 3.73. The average molecular weight is 418 g/mol. The smallest absolute Gasteiger partial charge is 0.268 e. The molecule has 0 aliphatic heterocycles. The predicted octanol–water partition coefficient (Wildman–Crippen LogP) is 5.43. The van der Waals surface area contributed by atoms with Crippen molar-refractivity contribution in [3.05, 3.63) is 109 Å². The normalized spacial score (nSPS) is 11.3. The molecule has 0 aliphatic carbocycles. The maximum absolute atomic E-state index is 13.3. The summed E-state index contributed by atoms with van der Waals surface area (Å²) < 4.78 is 1.25. The van der Waals surface area contributed by atoms with Crippen LogP contribution in [-0.4, -0.2) is 14.5 Å². The van der Waals surface area contributed by atoms with Crippen LogP contribution in [0.4, 0.5) is 5.69 Å². The van der Waals surface area contributed by atoms with Crippen molar-refractivity contribution in [1.82, 2.24) is 9.55 Å². The highest BCUT2D eigenvalue weighted by molar-refractivity contribution is 6.30. The monoisotopic (exact) mass is 417 g/mol. The number of hydrogen-bond donors (Lipinski definition) is 0. The Kier molecular flexibility index (Phi) is 5.16. The SMILES string of the molecule is Cc1ccc(C=Cc2nc3ccccc3c(=O)n2-c2ccc(Cl)cc2[N+](=O)[O-])cc1. The minimum atomic E-state index is -0.559. The van der Waals surface area contributed by atoms with Crippen molar-refractivity contribution < 1.29 is 4.92 Å². The van der Waals surface area contributed by atoms with E-state index in [1.165, 1.54) is 22.8 Å². The molecule has 0 saturated heterocycles. The van der Waals surface area contributed by atoms with E-state index < -0.39 is 10.5 Å². The minimum absolute atomic E-state index is 0.108. The van der Waals surface area contributed by atoms with Crippen molar-refractivity contribution in [2.24, 2.45) is 0 Å². The molecule has 4 aromatic rings. The molecule has 0 fully saturated rings. The molecule has 4 rings (SSSR count). The number of aryl methyl sites for hydroxylation is 1. The van der Waals surface area contributed by atoms with E-state index in [9.17, 15) is 14.9 Å². The molecule has 0 atom stereocenters. The second kappa shape index (κ2) is 7.93. The molecule has 0 amide bonds. The van der Waals surface area contributed by atoms with Crippen molar-refractivity contribution >= 4 is 40.3 Å². The van der Waals surface area contributed by atoms with Crippen LogP contribution in [0.1, 0.15) is 17.0 Å². The van der Waals surface area contributed by atoms with Gasteiger partial charge in [0.1, 0.15) is 11.5 Å². The Morgan fingerprint density at radius 2 is 1.77 bits per heavy atom. The largest absolute Gasteiger partial charge is 0.294 e. The molecule has 0 unspecified atom stereocenters. The Balaban J connectivity index is 1.99. The zero-order chi connectivity index (χ0) is 21.3. The number of halogens is 1. The summed E-state index contributed by atoms with van der Waals surface area (Å²) in [7, 11) is 0. The summed E-state index contributed by atoms with van der Waals surface area (Å²) in [5, 5.41) is 12.2. The van der Waals surface area contributed by atoms with Crippen molar-refractivity contribution in [3.63, 3.8) is 0 Å². The van der Waals surface area contributed by atoms with Gasteiger partial charge in [-0.3, -0.25) is 19.5 Å². The molecule has 0 radical (unpaired) electrons. The van der Waals surface area contributed by atoms with Gasteiger partial charge in [0.2, 0.25) is 0 Å². The van der Waals surface area contributed by atoms with E-state index in [0.29, 0.717) is 10.9 Å². The fourth-order valence-corrected chi connectivity index (χ4v) is 3.34. The first-order chi connectivity index (χ1) is 14.4. The third-order valence-electron chi connectivity index (χ3n) is 4.68. The summed E-state index contributed by atoms with van der Waals surface area (Å²) in [6.07, 6.45) is 3.49. The lowest BCUT2D eigenvalue weighted by molar-refractivity contribution is -0.384. The number of benzene rings is 3. The molecule has 0 aliphatic rings. The Bertz CT molecular complexity index is 1360. The van der Waals surface area contributed by atoms with E-state index >= 15 is 0 Å². The zero-order valence-electron chi connectivity index (χ0n) is 15.9. The second-order valence-electron chi connectivity index (χ2n) is 6.76. The van der Waals surface area contributed by atoms with Crippen LogP contribution >= 0.6 is 11.6 Å². The number of fused-ring (bicyclic) bond motifs is 1. The van der Waals surface area contributed by atoms with Crippen LogP contribution in [0.25, 0.3) is 28.7 Å². The molecule has 1 heterocycles. The van der Waals surface area contributed by atoms with Crippen molar-refractivity contribution in [1.29, 1.82) is 0 Å². The van der Waals surface area contributed by atoms with Gasteiger partial charge in [-0.25, -0.2) is 4.98 Å². The number of nitro groups is 1. The van der Waals surface area contributed by atoms with Gasteiger partial charge in [-0.05, 0) is 42.8 Å². The molecule has 3 aromatic carbocycles. The zero-order valence-corrected chi connectivity index (χ0v) is 16.7. The lowest BCUT2D eigenvalue weighted by atomic mass is 10.1. The lowest BCUT2D eigenvalue weighted by Crippen LogP contribution is -2.23. The van der Waals surface area contributed by atoms with Crippen LogP contribution in [0, 0.1) is 17.0 Å². The first-order valence-corrected chi connectivity index (χ1v) is 9.53. The van der Waals surface area contributed by atoms with Crippen molar-refractivity contribution in [2.75, 3.05) is 0 Å². The number of nitro benzene ring substituents is 1. The topological polar surface area (TPSA) is 78.0 Å². The highest BCUT2D eigenvalue weighted by atomic mass is 35.5. The van der Waals surface area contributed by atoms with Crippen molar-refractivity contribution in [3.8, 4) is 5.69 Å². The second-order valence-corrected chi connectivity index (χ2v) is 7.20. The molecule has 148 valence electrons. The predicted molar refractivity (Wildman–Crippen MR) is 119 cm³/mol. The number of para-hydroxylation sites is 1. The molecular weight excluding hydrogens is 402 g/mol. The highest BCUT2D eigenvalue weighted by Gasteiger charge is 2.20. The Labute approximate surface area is 176 Å². The first kappa shape index (κ1) is 19.5. The number of hydrogen-bond acceptors (Lipinski definition) is 4. The Hall–Kier alpha value is -3.77. The maximum atomic E-state index is 13.3. The fourth-order valence-electron chi connectivity index (χ4n) is 3.17. The van der Waals surface area contributed by atoms with E-state index in [-0.39, 0.29) is 22.2 Å². The van der Waals surface area contributed by atoms with Crippen LogP contribution in [-0.2, 0) is 0 Å². The van der Waals surface area contributed by atoms with Crippen molar-refractivity contribution in [2.45, 2.75) is 6.92 Å². The first-order valence-electron chi connectivity index (χ1n) is 9.15. The molecular formula is C23H16ClN3O3. The molecule has 7 heteroatoms. The highest BCUT2D eigenvalue weighted by Crippen LogP contribution is 2.27. The van der Waals surface area contributed by atoms with Gasteiger partial charge >= 0.3 is 0 Å². The van der Waals surface area contributed by atoms with E-state index in [1.807, 2.05) is 37.3 Å². The Morgan fingerprint density at radius 1 is 1.03 bits per heavy atom. The van der Waals surface area contributed by atoms with E-state index in [0.717, 1.165) is 11.1 Å². The molecule has 0 bridgehead atoms. The minimum Gasteiger partial charge on any atom is -0.268 e. The van der Waals surface area contributed by atoms with Crippen LogP contribution in [0.3, 0.4) is 0 Å². The van der Waals surface area contributed by atoms with Gasteiger partial charge in [0, 0.05) is 11.1 Å². The fraction of sp³-hybridized carbons (Fsp3) is 0.0435. The van der Waals surface area contributed by atoms with Gasteiger partial charge in [0.15, 0.2) is 0 Å². The van der Waals surface area contributed by atoms with Crippen LogP contribution in [0.2, 0.25) is 5.02 Å². The van der Waals surface area contributed by atoms with Gasteiger partial charge in [-0.2, -0.15) is 0 Å². The van der Waals surface area contributed by atoms with Crippen LogP contribution < -0.4 is 5.56 Å². The van der Waals surface area contributed by atoms with Gasteiger partial charge in [0.05, 0.1) is 15.8 Å². The van der Waals surface area contributed by atoms with E-state index in [4.69, 9.17) is 11.6 Å². The molecule has 0 spiro atoms. The van der Waals surface area contributed by atoms with Gasteiger partial charge in [-0.15, -0.1) is 0 Å². The number of nitrogens with zero attached hydrogens (tertiary/aromatic N) is 3. The molecule has 0 N–H and O–H groups in total. The summed E-state index contributed by atoms with van der Waals surface area (Å²) in [5.41, 5.74) is 2.00. The van der Waals surface area contributed by atoms with Gasteiger partial charge < -0.3 is 0 Å². The van der Waals surface area contributed by atoms with Crippen LogP contribution in [0.5, 0.6) is 0 Å². The molecule has 1 aromatic heterocycles. The summed E-state index contributed by atoms with van der Waals surface area (Å²) in [4.78, 5) is 29.0. The van der Waals surface area contributed by atoms with E-state index in [1.54, 1.807) is 30.3 Å². The number of aromatic nitrogens is 2. The standard InChI is InChI=1S/C23H16ClN3O3/c1-15-6-8-16(9-7-15)10-13-22-25-19-5-3-2-4-18(19)23(28)26(22)20-12-11-17(24)14-21(20)27(29)30/h2-14H,1H3. The lowest BCUT2D eigenvalue weighted by Gasteiger charge is -2.12. The summed E-state index contributed by atoms with van der Waals surface area (Å²) in [6.45, 7) is 2.00. The quantitative estimate of drug-likeness (QED) is 0.328. The maximum Gasteiger partial charge on any atom is 0.294 e. The van der Waals surface area contributed by atoms with Gasteiger partial charge in [0.25, 0.3) is 11.2 Å². The summed E-state index contributed by atoms with van der Waals surface area (Å²) in [6, 6.07) is 18.9. The summed E-state index contributed by atoms with van der Waals surface area (Å²) in [5.74, 6) is 0.282. The Morgan fingerprint density at radius 3 is 2.50 bits per heavy atom. The molecule has 6 nitrogen and oxygen atoms in total. The van der Waals surface area contributed by atoms with Gasteiger partial charge in [-0.1, -0.05) is 59.6 Å². The number of rotatable bonds is 4. The average Bonchev–Trinajstić information content (AvgIpc) is 2.74. The summed E-state index contributed by atoms with van der Waals surface area (Å²) >= 11 is 5.96. The van der Waals surface area contributed by atoms with E-state index in [2.05, 4.69) is 4.98 Å². The molecule has 30 heavy (non-hydrogen) atoms. The molecule has 0 saturated carbocycles. The third-order valence-corrected chi connectivity index (χ3v) is 4.91.